The Balaban J connectivity index is 2.47. The molecule has 1 N–H and O–H groups in total. The Hall–Kier alpha value is -1.40. The lowest BCUT2D eigenvalue weighted by molar-refractivity contribution is 0.155. The van der Waals surface area contributed by atoms with Crippen LogP contribution < -0.4 is 0 Å². The number of hydrogen-bond donors (Lipinski definition) is 1. The Bertz CT molecular complexity index is 368. The number of nitrogens with zero attached hydrogens (tertiary/aromatic N) is 2. The van der Waals surface area contributed by atoms with Gasteiger partial charge in [0.05, 0.1) is 6.10 Å². The monoisotopic (exact) mass is 174 g/mol. The van der Waals surface area contributed by atoms with Gasteiger partial charge < -0.3 is 5.11 Å². The zero-order valence-corrected chi connectivity index (χ0v) is 7.20. The van der Waals surface area contributed by atoms with E-state index in [1.807, 2.05) is 12.1 Å². The third-order valence-corrected chi connectivity index (χ3v) is 2.37. The molecule has 0 saturated heterocycles. The molecule has 1 aliphatic rings. The molecule has 0 aliphatic heterocycles. The van der Waals surface area contributed by atoms with Gasteiger partial charge >= 0.3 is 0 Å². The lowest BCUT2D eigenvalue weighted by Crippen LogP contribution is -2.11. The molecule has 1 aromatic heterocycles. The van der Waals surface area contributed by atoms with Crippen molar-refractivity contribution < 1.29 is 5.11 Å². The van der Waals surface area contributed by atoms with E-state index in [1.165, 1.54) is 0 Å². The molecule has 1 unspecified atom stereocenters. The first kappa shape index (κ1) is 8.21. The summed E-state index contributed by atoms with van der Waals surface area (Å²) in [6.45, 7) is 0. The van der Waals surface area contributed by atoms with Crippen LogP contribution >= 0.6 is 0 Å². The second-order valence-corrected chi connectivity index (χ2v) is 3.25. The topological polar surface area (TPSA) is 56.9 Å². The number of aromatic nitrogens is 1. The highest BCUT2D eigenvalue weighted by Gasteiger charge is 2.18. The van der Waals surface area contributed by atoms with E-state index in [9.17, 15) is 5.11 Å². The van der Waals surface area contributed by atoms with Crippen molar-refractivity contribution in [1.82, 2.24) is 4.98 Å². The summed E-state index contributed by atoms with van der Waals surface area (Å²) in [6, 6.07) is 5.47. The first-order valence-electron chi connectivity index (χ1n) is 4.39. The summed E-state index contributed by atoms with van der Waals surface area (Å²) in [7, 11) is 0. The number of rotatable bonds is 0. The van der Waals surface area contributed by atoms with Crippen molar-refractivity contribution in [2.24, 2.45) is 0 Å². The first-order valence-corrected chi connectivity index (χ1v) is 4.39. The molecule has 1 atom stereocenters. The van der Waals surface area contributed by atoms with E-state index in [-0.39, 0.29) is 6.10 Å². The molecule has 0 bridgehead atoms. The minimum Gasteiger partial charge on any atom is -0.388 e. The van der Waals surface area contributed by atoms with E-state index in [0.717, 1.165) is 30.5 Å². The fraction of sp³-hybridized carbons (Fsp3) is 0.400. The summed E-state index contributed by atoms with van der Waals surface area (Å²) in [5.74, 6) is 0. The van der Waals surface area contributed by atoms with Crippen molar-refractivity contribution in [3.05, 3.63) is 29.1 Å². The van der Waals surface area contributed by atoms with Gasteiger partial charge in [-0.3, -0.25) is 0 Å². The van der Waals surface area contributed by atoms with Gasteiger partial charge in [-0.25, -0.2) is 4.98 Å². The van der Waals surface area contributed by atoms with Crippen molar-refractivity contribution >= 4 is 0 Å². The molecule has 3 heteroatoms. The fourth-order valence-electron chi connectivity index (χ4n) is 1.70. The number of aryl methyl sites for hydroxylation is 1. The highest BCUT2D eigenvalue weighted by molar-refractivity contribution is 5.31. The van der Waals surface area contributed by atoms with Crippen LogP contribution in [0, 0.1) is 11.3 Å². The summed E-state index contributed by atoms with van der Waals surface area (Å²) in [4.78, 5) is 4.16. The molecule has 13 heavy (non-hydrogen) atoms. The van der Waals surface area contributed by atoms with Gasteiger partial charge in [-0.2, -0.15) is 5.26 Å². The van der Waals surface area contributed by atoms with Crippen LogP contribution in [-0.4, -0.2) is 10.1 Å². The molecular formula is C10H10N2O. The Kier molecular flexibility index (Phi) is 1.99. The first-order chi connectivity index (χ1) is 6.31. The van der Waals surface area contributed by atoms with Gasteiger partial charge in [-0.1, -0.05) is 6.07 Å². The van der Waals surface area contributed by atoms with Crippen LogP contribution in [0.4, 0.5) is 0 Å². The van der Waals surface area contributed by atoms with Gasteiger partial charge in [0.25, 0.3) is 0 Å². The van der Waals surface area contributed by atoms with Crippen LogP contribution in [0.3, 0.4) is 0 Å². The number of nitriles is 1. The summed E-state index contributed by atoms with van der Waals surface area (Å²) < 4.78 is 0. The van der Waals surface area contributed by atoms with E-state index in [4.69, 9.17) is 5.26 Å². The number of hydrogen-bond acceptors (Lipinski definition) is 3. The zero-order chi connectivity index (χ0) is 9.26. The highest BCUT2D eigenvalue weighted by atomic mass is 16.3. The third kappa shape index (κ3) is 1.41. The predicted molar refractivity (Wildman–Crippen MR) is 46.8 cm³/mol. The highest BCUT2D eigenvalue weighted by Crippen LogP contribution is 2.27. The molecule has 0 radical (unpaired) electrons. The van der Waals surface area contributed by atoms with Gasteiger partial charge in [0.2, 0.25) is 0 Å². The minimum absolute atomic E-state index is 0.385. The second-order valence-electron chi connectivity index (χ2n) is 3.25. The van der Waals surface area contributed by atoms with Crippen LogP contribution in [0.2, 0.25) is 0 Å². The molecule has 0 fully saturated rings. The van der Waals surface area contributed by atoms with Crippen LogP contribution in [0.25, 0.3) is 0 Å². The Morgan fingerprint density at radius 2 is 2.38 bits per heavy atom. The largest absolute Gasteiger partial charge is 0.388 e. The van der Waals surface area contributed by atoms with Crippen molar-refractivity contribution in [1.29, 1.82) is 5.26 Å². The average Bonchev–Trinajstić information content (AvgIpc) is 2.18. The Morgan fingerprint density at radius 1 is 1.54 bits per heavy atom. The summed E-state index contributed by atoms with van der Waals surface area (Å²) in [5, 5.41) is 18.2. The normalized spacial score (nSPS) is 20.5. The number of fused-ring (bicyclic) bond motifs is 1. The van der Waals surface area contributed by atoms with Crippen molar-refractivity contribution in [3.63, 3.8) is 0 Å². The van der Waals surface area contributed by atoms with Gasteiger partial charge in [-0.05, 0) is 25.3 Å². The van der Waals surface area contributed by atoms with Gasteiger partial charge in [-0.15, -0.1) is 0 Å². The smallest absolute Gasteiger partial charge is 0.140 e. The summed E-state index contributed by atoms with van der Waals surface area (Å²) in [5.41, 5.74) is 2.22. The molecule has 1 heterocycles. The molecule has 0 aromatic carbocycles. The van der Waals surface area contributed by atoms with E-state index in [2.05, 4.69) is 4.98 Å². The number of aliphatic hydroxyl groups excluding tert-OH is 1. The molecule has 66 valence electrons. The zero-order valence-electron chi connectivity index (χ0n) is 7.20. The average molecular weight is 174 g/mol. The fourth-order valence-corrected chi connectivity index (χ4v) is 1.70. The Labute approximate surface area is 76.7 Å². The molecule has 0 saturated carbocycles. The van der Waals surface area contributed by atoms with Gasteiger partial charge in [0.1, 0.15) is 11.8 Å². The molecule has 1 aromatic rings. The van der Waals surface area contributed by atoms with E-state index in [0.29, 0.717) is 5.69 Å². The van der Waals surface area contributed by atoms with Crippen LogP contribution in [0.15, 0.2) is 12.1 Å². The molecule has 1 aliphatic carbocycles. The lowest BCUT2D eigenvalue weighted by atomic mass is 9.93. The Morgan fingerprint density at radius 3 is 3.15 bits per heavy atom. The maximum Gasteiger partial charge on any atom is 0.140 e. The molecule has 0 spiro atoms. The summed E-state index contributed by atoms with van der Waals surface area (Å²) in [6.07, 6.45) is 2.25. The van der Waals surface area contributed by atoms with Gasteiger partial charge in [0, 0.05) is 11.3 Å². The molecule has 2 rings (SSSR count). The standard InChI is InChI=1S/C10H10N2O/c11-6-7-4-5-8-9(12-7)2-1-3-10(8)13/h4-5,10,13H,1-3H2. The van der Waals surface area contributed by atoms with Crippen molar-refractivity contribution in [2.45, 2.75) is 25.4 Å². The van der Waals surface area contributed by atoms with Crippen molar-refractivity contribution in [2.75, 3.05) is 0 Å². The maximum absolute atomic E-state index is 9.60. The van der Waals surface area contributed by atoms with E-state index >= 15 is 0 Å². The molecule has 3 nitrogen and oxygen atoms in total. The van der Waals surface area contributed by atoms with Gasteiger partial charge in [0.15, 0.2) is 0 Å². The van der Waals surface area contributed by atoms with E-state index in [1.54, 1.807) is 6.07 Å². The van der Waals surface area contributed by atoms with Crippen LogP contribution in [0.1, 0.15) is 35.9 Å². The molecular weight excluding hydrogens is 164 g/mol. The predicted octanol–water partition coefficient (Wildman–Crippen LogP) is 1.32. The van der Waals surface area contributed by atoms with Crippen molar-refractivity contribution in [3.8, 4) is 6.07 Å². The second kappa shape index (κ2) is 3.15. The number of aliphatic hydroxyl groups is 1. The quantitative estimate of drug-likeness (QED) is 0.645. The van der Waals surface area contributed by atoms with E-state index < -0.39 is 0 Å². The SMILES string of the molecule is N#Cc1ccc2c(n1)CCCC2O. The van der Waals surface area contributed by atoms with Crippen LogP contribution in [0.5, 0.6) is 0 Å². The lowest BCUT2D eigenvalue weighted by Gasteiger charge is -2.19. The third-order valence-electron chi connectivity index (χ3n) is 2.37. The molecule has 0 amide bonds. The summed E-state index contributed by atoms with van der Waals surface area (Å²) >= 11 is 0. The van der Waals surface area contributed by atoms with Crippen LogP contribution in [-0.2, 0) is 6.42 Å². The minimum atomic E-state index is -0.385. The number of pyridine rings is 1. The maximum atomic E-state index is 9.60.